The maximum absolute atomic E-state index is 13.2. The Labute approximate surface area is 202 Å². The van der Waals surface area contributed by atoms with E-state index < -0.39 is 11.7 Å². The number of aromatic nitrogens is 2. The second kappa shape index (κ2) is 9.93. The Bertz CT molecular complexity index is 1200. The van der Waals surface area contributed by atoms with E-state index >= 15 is 0 Å². The number of methoxy groups -OCH3 is 1. The number of alkyl halides is 3. The summed E-state index contributed by atoms with van der Waals surface area (Å²) < 4.78 is 44.8. The van der Waals surface area contributed by atoms with Crippen molar-refractivity contribution < 1.29 is 22.7 Å². The first-order valence-electron chi connectivity index (χ1n) is 11.3. The SMILES string of the molecule is COc1ccc(C(=O)N2CCN(c3nc(C)nc(C)c3Cc3cccc(C(F)(F)F)c3)CC2)cc1. The number of nitrogens with zero attached hydrogens (tertiary/aromatic N) is 4. The van der Waals surface area contributed by atoms with E-state index in [4.69, 9.17) is 4.74 Å². The number of benzene rings is 2. The van der Waals surface area contributed by atoms with Crippen molar-refractivity contribution in [3.05, 3.63) is 82.3 Å². The third kappa shape index (κ3) is 5.55. The molecule has 0 saturated carbocycles. The van der Waals surface area contributed by atoms with Gasteiger partial charge in [-0.05, 0) is 49.7 Å². The number of piperazine rings is 1. The number of hydrogen-bond acceptors (Lipinski definition) is 5. The predicted octanol–water partition coefficient (Wildman–Crippen LogP) is 4.67. The number of halogens is 3. The Morgan fingerprint density at radius 3 is 2.31 bits per heavy atom. The zero-order valence-corrected chi connectivity index (χ0v) is 19.9. The summed E-state index contributed by atoms with van der Waals surface area (Å²) in [5.41, 5.74) is 2.00. The summed E-state index contributed by atoms with van der Waals surface area (Å²) >= 11 is 0. The standard InChI is InChI=1S/C26H27F3N4O2/c1-17-23(16-19-5-4-6-21(15-19)26(27,28)29)24(31-18(2)30-17)32-11-13-33(14-12-32)25(34)20-7-9-22(35-3)10-8-20/h4-10,15H,11-14,16H2,1-3H3. The average molecular weight is 485 g/mol. The van der Waals surface area contributed by atoms with Crippen LogP contribution in [0.3, 0.4) is 0 Å². The van der Waals surface area contributed by atoms with Crippen LogP contribution in [0.5, 0.6) is 5.75 Å². The third-order valence-electron chi connectivity index (χ3n) is 6.14. The maximum Gasteiger partial charge on any atom is 0.416 e. The second-order valence-corrected chi connectivity index (χ2v) is 8.54. The Balaban J connectivity index is 1.52. The molecule has 0 N–H and O–H groups in total. The van der Waals surface area contributed by atoms with Crippen molar-refractivity contribution in [1.82, 2.24) is 14.9 Å². The fourth-order valence-electron chi connectivity index (χ4n) is 4.29. The first-order valence-corrected chi connectivity index (χ1v) is 11.3. The van der Waals surface area contributed by atoms with Gasteiger partial charge in [-0.2, -0.15) is 13.2 Å². The molecule has 1 aliphatic rings. The van der Waals surface area contributed by atoms with E-state index in [0.717, 1.165) is 17.3 Å². The molecule has 0 spiro atoms. The number of ether oxygens (including phenoxy) is 1. The van der Waals surface area contributed by atoms with Gasteiger partial charge in [-0.25, -0.2) is 9.97 Å². The van der Waals surface area contributed by atoms with Crippen LogP contribution < -0.4 is 9.64 Å². The monoisotopic (exact) mass is 484 g/mol. The molecule has 3 aromatic rings. The highest BCUT2D eigenvalue weighted by Gasteiger charge is 2.31. The molecule has 0 aliphatic carbocycles. The lowest BCUT2D eigenvalue weighted by Crippen LogP contribution is -2.49. The van der Waals surface area contributed by atoms with Crippen molar-refractivity contribution in [1.29, 1.82) is 0 Å². The number of amides is 1. The fourth-order valence-corrected chi connectivity index (χ4v) is 4.29. The molecular formula is C26H27F3N4O2. The van der Waals surface area contributed by atoms with E-state index in [1.165, 1.54) is 12.1 Å². The molecule has 1 aromatic heterocycles. The number of anilines is 1. The van der Waals surface area contributed by atoms with Crippen LogP contribution in [0.4, 0.5) is 19.0 Å². The van der Waals surface area contributed by atoms with Crippen LogP contribution in [-0.2, 0) is 12.6 Å². The molecule has 9 heteroatoms. The Kier molecular flexibility index (Phi) is 6.95. The van der Waals surface area contributed by atoms with Crippen LogP contribution in [0.1, 0.15) is 38.6 Å². The van der Waals surface area contributed by atoms with Gasteiger partial charge in [0.2, 0.25) is 0 Å². The highest BCUT2D eigenvalue weighted by molar-refractivity contribution is 5.94. The molecule has 1 fully saturated rings. The van der Waals surface area contributed by atoms with Gasteiger partial charge in [-0.3, -0.25) is 4.79 Å². The number of rotatable bonds is 5. The summed E-state index contributed by atoms with van der Waals surface area (Å²) in [6.07, 6.45) is -4.11. The second-order valence-electron chi connectivity index (χ2n) is 8.54. The van der Waals surface area contributed by atoms with Gasteiger partial charge in [-0.15, -0.1) is 0 Å². The molecular weight excluding hydrogens is 457 g/mol. The van der Waals surface area contributed by atoms with Gasteiger partial charge >= 0.3 is 6.18 Å². The van der Waals surface area contributed by atoms with Crippen molar-refractivity contribution in [3.8, 4) is 5.75 Å². The summed E-state index contributed by atoms with van der Waals surface area (Å²) in [5.74, 6) is 1.95. The predicted molar refractivity (Wildman–Crippen MR) is 127 cm³/mol. The van der Waals surface area contributed by atoms with E-state index in [1.807, 2.05) is 6.92 Å². The van der Waals surface area contributed by atoms with E-state index in [2.05, 4.69) is 14.9 Å². The van der Waals surface area contributed by atoms with Crippen molar-refractivity contribution in [2.24, 2.45) is 0 Å². The van der Waals surface area contributed by atoms with Crippen molar-refractivity contribution in [2.45, 2.75) is 26.4 Å². The molecule has 0 unspecified atom stereocenters. The normalized spacial score (nSPS) is 14.2. The number of carbonyl (C=O) groups is 1. The molecule has 35 heavy (non-hydrogen) atoms. The van der Waals surface area contributed by atoms with Gasteiger partial charge in [0, 0.05) is 49.4 Å². The molecule has 184 valence electrons. The van der Waals surface area contributed by atoms with E-state index in [9.17, 15) is 18.0 Å². The van der Waals surface area contributed by atoms with Gasteiger partial charge in [0.1, 0.15) is 17.4 Å². The van der Waals surface area contributed by atoms with Crippen LogP contribution in [0.2, 0.25) is 0 Å². The quantitative estimate of drug-likeness (QED) is 0.527. The summed E-state index contributed by atoms with van der Waals surface area (Å²) in [5, 5.41) is 0. The lowest BCUT2D eigenvalue weighted by Gasteiger charge is -2.36. The number of aryl methyl sites for hydroxylation is 2. The highest BCUT2D eigenvalue weighted by atomic mass is 19.4. The molecule has 4 rings (SSSR count). The molecule has 2 aromatic carbocycles. The van der Waals surface area contributed by atoms with E-state index in [1.54, 1.807) is 49.3 Å². The van der Waals surface area contributed by atoms with Crippen molar-refractivity contribution in [3.63, 3.8) is 0 Å². The fraction of sp³-hybridized carbons (Fsp3) is 0.346. The first-order chi connectivity index (χ1) is 16.7. The summed E-state index contributed by atoms with van der Waals surface area (Å²) in [7, 11) is 1.58. The third-order valence-corrected chi connectivity index (χ3v) is 6.14. The lowest BCUT2D eigenvalue weighted by atomic mass is 10.0. The molecule has 0 atom stereocenters. The molecule has 6 nitrogen and oxygen atoms in total. The Morgan fingerprint density at radius 2 is 1.69 bits per heavy atom. The van der Waals surface area contributed by atoms with Crippen LogP contribution in [-0.4, -0.2) is 54.1 Å². The minimum absolute atomic E-state index is 0.0495. The zero-order chi connectivity index (χ0) is 25.2. The van der Waals surface area contributed by atoms with Crippen LogP contribution in [0.25, 0.3) is 0 Å². The summed E-state index contributed by atoms with van der Waals surface area (Å²) in [4.78, 5) is 25.9. The maximum atomic E-state index is 13.2. The Hall–Kier alpha value is -3.62. The van der Waals surface area contributed by atoms with Gasteiger partial charge < -0.3 is 14.5 Å². The van der Waals surface area contributed by atoms with E-state index in [0.29, 0.717) is 54.7 Å². The van der Waals surface area contributed by atoms with Crippen molar-refractivity contribution in [2.75, 3.05) is 38.2 Å². The molecule has 1 saturated heterocycles. The lowest BCUT2D eigenvalue weighted by molar-refractivity contribution is -0.137. The summed E-state index contributed by atoms with van der Waals surface area (Å²) in [6.45, 7) is 5.80. The summed E-state index contributed by atoms with van der Waals surface area (Å²) in [6, 6.07) is 12.4. The minimum Gasteiger partial charge on any atom is -0.497 e. The Morgan fingerprint density at radius 1 is 1.00 bits per heavy atom. The molecule has 1 amide bonds. The van der Waals surface area contributed by atoms with Gasteiger partial charge in [0.05, 0.1) is 12.7 Å². The smallest absolute Gasteiger partial charge is 0.416 e. The highest BCUT2D eigenvalue weighted by Crippen LogP contribution is 2.31. The van der Waals surface area contributed by atoms with Crippen molar-refractivity contribution >= 4 is 11.7 Å². The number of hydrogen-bond donors (Lipinski definition) is 0. The van der Waals surface area contributed by atoms with Gasteiger partial charge in [0.25, 0.3) is 5.91 Å². The van der Waals surface area contributed by atoms with Gasteiger partial charge in [-0.1, -0.05) is 18.2 Å². The van der Waals surface area contributed by atoms with Gasteiger partial charge in [0.15, 0.2) is 0 Å². The molecule has 1 aliphatic heterocycles. The van der Waals surface area contributed by atoms with E-state index in [-0.39, 0.29) is 12.3 Å². The molecule has 0 radical (unpaired) electrons. The largest absolute Gasteiger partial charge is 0.497 e. The van der Waals surface area contributed by atoms with Crippen LogP contribution in [0, 0.1) is 13.8 Å². The molecule has 0 bridgehead atoms. The average Bonchev–Trinajstić information content (AvgIpc) is 2.85. The first kappa shape index (κ1) is 24.5. The molecule has 2 heterocycles. The zero-order valence-electron chi connectivity index (χ0n) is 19.9. The number of carbonyl (C=O) groups excluding carboxylic acids is 1. The minimum atomic E-state index is -4.40. The van der Waals surface area contributed by atoms with Crippen LogP contribution in [0.15, 0.2) is 48.5 Å². The topological polar surface area (TPSA) is 58.6 Å². The van der Waals surface area contributed by atoms with Crippen LogP contribution >= 0.6 is 0 Å².